The van der Waals surface area contributed by atoms with Gasteiger partial charge in [0.1, 0.15) is 9.88 Å². The average molecular weight is 388 g/mol. The Kier molecular flexibility index (Phi) is 4.15. The largest absolute Gasteiger partial charge is 0.435 e. The molecule has 2 aromatic heterocycles. The third-order valence-corrected chi connectivity index (χ3v) is 4.93. The van der Waals surface area contributed by atoms with Crippen molar-refractivity contribution in [3.05, 3.63) is 65.3 Å². The molecule has 27 heavy (non-hydrogen) atoms. The Labute approximate surface area is 154 Å². The van der Waals surface area contributed by atoms with E-state index < -0.39 is 22.7 Å². The highest BCUT2D eigenvalue weighted by Crippen LogP contribution is 2.38. The molecule has 0 saturated carbocycles. The van der Waals surface area contributed by atoms with Crippen LogP contribution in [0.5, 0.6) is 0 Å². The van der Waals surface area contributed by atoms with E-state index in [0.717, 1.165) is 5.39 Å². The van der Waals surface area contributed by atoms with Crippen LogP contribution in [0.15, 0.2) is 54.7 Å². The second kappa shape index (κ2) is 6.51. The van der Waals surface area contributed by atoms with Crippen LogP contribution in [-0.2, 0) is 6.18 Å². The second-order valence-electron chi connectivity index (χ2n) is 5.69. The van der Waals surface area contributed by atoms with Crippen LogP contribution >= 0.6 is 11.3 Å². The summed E-state index contributed by atoms with van der Waals surface area (Å²) >= 11 is 0.709. The van der Waals surface area contributed by atoms with E-state index in [0.29, 0.717) is 28.1 Å². The Bertz CT molecular complexity index is 1120. The van der Waals surface area contributed by atoms with Crippen LogP contribution in [0.1, 0.15) is 15.4 Å². The molecule has 1 amide bonds. The SMILES string of the molecule is O=C(Nc1ccc2cn[nH]c2c1)c1sc(-c2ccccc2)nc1C(F)(F)F. The van der Waals surface area contributed by atoms with Crippen molar-refractivity contribution in [1.29, 1.82) is 0 Å². The first-order valence-corrected chi connectivity index (χ1v) is 8.61. The predicted molar refractivity (Wildman–Crippen MR) is 96.6 cm³/mol. The number of nitrogens with one attached hydrogen (secondary N) is 2. The zero-order chi connectivity index (χ0) is 19.0. The van der Waals surface area contributed by atoms with Gasteiger partial charge >= 0.3 is 6.18 Å². The molecule has 9 heteroatoms. The van der Waals surface area contributed by atoms with Crippen LogP contribution in [0, 0.1) is 0 Å². The number of amides is 1. The molecule has 2 N–H and O–H groups in total. The predicted octanol–water partition coefficient (Wildman–Crippen LogP) is 4.96. The Morgan fingerprint density at radius 2 is 1.89 bits per heavy atom. The number of H-pyrrole nitrogens is 1. The topological polar surface area (TPSA) is 70.7 Å². The number of aromatic amines is 1. The summed E-state index contributed by atoms with van der Waals surface area (Å²) in [6.45, 7) is 0. The molecule has 0 saturated heterocycles. The van der Waals surface area contributed by atoms with E-state index in [2.05, 4.69) is 20.5 Å². The number of halogens is 3. The van der Waals surface area contributed by atoms with Gasteiger partial charge in [0, 0.05) is 16.6 Å². The van der Waals surface area contributed by atoms with E-state index >= 15 is 0 Å². The molecule has 2 aromatic carbocycles. The number of carbonyl (C=O) groups excluding carboxylic acids is 1. The summed E-state index contributed by atoms with van der Waals surface area (Å²) in [6.07, 6.45) is -3.12. The molecular weight excluding hydrogens is 377 g/mol. The third-order valence-electron chi connectivity index (χ3n) is 3.82. The van der Waals surface area contributed by atoms with Crippen molar-refractivity contribution in [2.24, 2.45) is 0 Å². The summed E-state index contributed by atoms with van der Waals surface area (Å²) in [5.74, 6) is -0.860. The van der Waals surface area contributed by atoms with Crippen LogP contribution in [0.2, 0.25) is 0 Å². The first kappa shape index (κ1) is 17.2. The summed E-state index contributed by atoms with van der Waals surface area (Å²) in [7, 11) is 0. The second-order valence-corrected chi connectivity index (χ2v) is 6.69. The molecule has 0 aliphatic carbocycles. The van der Waals surface area contributed by atoms with Gasteiger partial charge in [-0.15, -0.1) is 11.3 Å². The fraction of sp³-hybridized carbons (Fsp3) is 0.0556. The molecule has 0 aliphatic rings. The number of fused-ring (bicyclic) bond motifs is 1. The van der Waals surface area contributed by atoms with Crippen LogP contribution in [0.3, 0.4) is 0 Å². The number of aromatic nitrogens is 3. The van der Waals surface area contributed by atoms with Gasteiger partial charge in [0.25, 0.3) is 5.91 Å². The average Bonchev–Trinajstić information content (AvgIpc) is 3.29. The lowest BCUT2D eigenvalue weighted by Crippen LogP contribution is -2.17. The standard InChI is InChI=1S/C18H11F3N4OS/c19-18(20,21)15-14(27-17(24-15)10-4-2-1-3-5-10)16(26)23-12-7-6-11-9-22-25-13(11)8-12/h1-9H,(H,22,25)(H,23,26). The fourth-order valence-corrected chi connectivity index (χ4v) is 3.56. The van der Waals surface area contributed by atoms with Crippen LogP contribution in [0.4, 0.5) is 18.9 Å². The maximum absolute atomic E-state index is 13.4. The highest BCUT2D eigenvalue weighted by atomic mass is 32.1. The normalized spacial score (nSPS) is 11.7. The van der Waals surface area contributed by atoms with Gasteiger partial charge in [-0.3, -0.25) is 9.89 Å². The van der Waals surface area contributed by atoms with E-state index in [4.69, 9.17) is 0 Å². The molecule has 4 rings (SSSR count). The van der Waals surface area contributed by atoms with Crippen molar-refractivity contribution in [3.63, 3.8) is 0 Å². The number of benzene rings is 2. The smallest absolute Gasteiger partial charge is 0.321 e. The number of thiazole rings is 1. The lowest BCUT2D eigenvalue weighted by molar-refractivity contribution is -0.140. The van der Waals surface area contributed by atoms with E-state index in [1.54, 1.807) is 54.7 Å². The third kappa shape index (κ3) is 3.41. The fourth-order valence-electron chi connectivity index (χ4n) is 2.57. The summed E-state index contributed by atoms with van der Waals surface area (Å²) in [5.41, 5.74) is 0.357. The lowest BCUT2D eigenvalue weighted by Gasteiger charge is -2.07. The monoisotopic (exact) mass is 388 g/mol. The first-order valence-electron chi connectivity index (χ1n) is 7.80. The van der Waals surface area contributed by atoms with Crippen molar-refractivity contribution in [2.75, 3.05) is 5.32 Å². The van der Waals surface area contributed by atoms with Gasteiger partial charge in [-0.1, -0.05) is 30.3 Å². The zero-order valence-electron chi connectivity index (χ0n) is 13.5. The molecule has 0 spiro atoms. The van der Waals surface area contributed by atoms with Crippen molar-refractivity contribution >= 4 is 33.8 Å². The molecule has 4 aromatic rings. The van der Waals surface area contributed by atoms with Gasteiger partial charge in [0.2, 0.25) is 0 Å². The summed E-state index contributed by atoms with van der Waals surface area (Å²) in [4.78, 5) is 15.7. The Morgan fingerprint density at radius 3 is 2.63 bits per heavy atom. The lowest BCUT2D eigenvalue weighted by atomic mass is 10.2. The molecule has 0 unspecified atom stereocenters. The number of anilines is 1. The number of rotatable bonds is 3. The molecule has 5 nitrogen and oxygen atoms in total. The highest BCUT2D eigenvalue weighted by Gasteiger charge is 2.39. The van der Waals surface area contributed by atoms with E-state index in [1.807, 2.05) is 0 Å². The highest BCUT2D eigenvalue weighted by molar-refractivity contribution is 7.17. The summed E-state index contributed by atoms with van der Waals surface area (Å²) in [5, 5.41) is 10.1. The van der Waals surface area contributed by atoms with Crippen molar-refractivity contribution < 1.29 is 18.0 Å². The minimum Gasteiger partial charge on any atom is -0.321 e. The number of hydrogen-bond donors (Lipinski definition) is 2. The molecule has 0 fully saturated rings. The van der Waals surface area contributed by atoms with Crippen molar-refractivity contribution in [1.82, 2.24) is 15.2 Å². The number of carbonyl (C=O) groups is 1. The molecule has 0 radical (unpaired) electrons. The van der Waals surface area contributed by atoms with Crippen molar-refractivity contribution in [3.8, 4) is 10.6 Å². The quantitative estimate of drug-likeness (QED) is 0.521. The maximum atomic E-state index is 13.4. The van der Waals surface area contributed by atoms with Gasteiger partial charge < -0.3 is 5.32 Å². The van der Waals surface area contributed by atoms with Gasteiger partial charge in [0.15, 0.2) is 5.69 Å². The maximum Gasteiger partial charge on any atom is 0.435 e. The summed E-state index contributed by atoms with van der Waals surface area (Å²) < 4.78 is 40.2. The molecule has 0 atom stereocenters. The Morgan fingerprint density at radius 1 is 1.11 bits per heavy atom. The Balaban J connectivity index is 1.70. The number of alkyl halides is 3. The molecule has 0 bridgehead atoms. The number of hydrogen-bond acceptors (Lipinski definition) is 4. The van der Waals surface area contributed by atoms with Gasteiger partial charge in [0.05, 0.1) is 11.7 Å². The van der Waals surface area contributed by atoms with Gasteiger partial charge in [-0.25, -0.2) is 4.98 Å². The first-order chi connectivity index (χ1) is 12.9. The molecule has 2 heterocycles. The molecule has 136 valence electrons. The molecule has 0 aliphatic heterocycles. The van der Waals surface area contributed by atoms with Gasteiger partial charge in [-0.2, -0.15) is 18.3 Å². The minimum atomic E-state index is -4.73. The van der Waals surface area contributed by atoms with E-state index in [9.17, 15) is 18.0 Å². The van der Waals surface area contributed by atoms with Crippen LogP contribution in [0.25, 0.3) is 21.5 Å². The van der Waals surface area contributed by atoms with Gasteiger partial charge in [-0.05, 0) is 18.2 Å². The van der Waals surface area contributed by atoms with Crippen LogP contribution < -0.4 is 5.32 Å². The van der Waals surface area contributed by atoms with Crippen LogP contribution in [-0.4, -0.2) is 21.1 Å². The number of nitrogens with zero attached hydrogens (tertiary/aromatic N) is 2. The minimum absolute atomic E-state index is 0.136. The van der Waals surface area contributed by atoms with Crippen molar-refractivity contribution in [2.45, 2.75) is 6.18 Å². The summed E-state index contributed by atoms with van der Waals surface area (Å²) in [6, 6.07) is 13.4. The zero-order valence-corrected chi connectivity index (χ0v) is 14.4. The van der Waals surface area contributed by atoms with E-state index in [-0.39, 0.29) is 5.01 Å². The Hall–Kier alpha value is -3.20. The molecular formula is C18H11F3N4OS. The van der Waals surface area contributed by atoms with E-state index in [1.165, 1.54) is 0 Å².